The second kappa shape index (κ2) is 8.70. The van der Waals surface area contributed by atoms with Crippen LogP contribution < -0.4 is 9.44 Å². The molecule has 0 amide bonds. The molecule has 0 aliphatic carbocycles. The van der Waals surface area contributed by atoms with E-state index < -0.39 is 20.0 Å². The Hall–Kier alpha value is -1.88. The first-order valence-corrected chi connectivity index (χ1v) is 13.2. The molecule has 3 aromatic rings. The van der Waals surface area contributed by atoms with Gasteiger partial charge in [0, 0.05) is 8.95 Å². The van der Waals surface area contributed by atoms with E-state index in [2.05, 4.69) is 41.3 Å². The lowest BCUT2D eigenvalue weighted by molar-refractivity contribution is 0.599. The molecule has 3 rings (SSSR count). The van der Waals surface area contributed by atoms with Crippen LogP contribution in [0.2, 0.25) is 0 Å². The van der Waals surface area contributed by atoms with Gasteiger partial charge in [-0.05, 0) is 82.1 Å². The summed E-state index contributed by atoms with van der Waals surface area (Å²) in [7, 11) is -7.61. The van der Waals surface area contributed by atoms with E-state index in [9.17, 15) is 16.8 Å². The van der Waals surface area contributed by atoms with E-state index in [0.717, 1.165) is 11.1 Å². The van der Waals surface area contributed by atoms with Crippen molar-refractivity contribution in [2.75, 3.05) is 9.44 Å². The Kier molecular flexibility index (Phi) is 6.61. The fourth-order valence-corrected chi connectivity index (χ4v) is 5.83. The third-order valence-electron chi connectivity index (χ3n) is 4.21. The highest BCUT2D eigenvalue weighted by Crippen LogP contribution is 2.35. The summed E-state index contributed by atoms with van der Waals surface area (Å²) in [5.41, 5.74) is 2.42. The number of aryl methyl sites for hydroxylation is 2. The topological polar surface area (TPSA) is 92.3 Å². The lowest BCUT2D eigenvalue weighted by Gasteiger charge is -2.14. The number of benzene rings is 3. The molecule has 0 saturated heterocycles. The van der Waals surface area contributed by atoms with E-state index >= 15 is 0 Å². The Morgan fingerprint density at radius 1 is 0.600 bits per heavy atom. The summed E-state index contributed by atoms with van der Waals surface area (Å²) < 4.78 is 56.3. The molecule has 0 unspecified atom stereocenters. The van der Waals surface area contributed by atoms with Crippen LogP contribution >= 0.6 is 31.9 Å². The van der Waals surface area contributed by atoms with Gasteiger partial charge in [0.1, 0.15) is 0 Å². The standard InChI is InChI=1S/C20H18Br2N2O4S2/c1-13-3-7-15(8-4-13)29(25,26)23-19-11-18(22)20(12-17(19)21)24-30(27,28)16-9-5-14(2)6-10-16/h3-12,23-24H,1-2H3. The second-order valence-corrected chi connectivity index (χ2v) is 11.7. The molecule has 0 bridgehead atoms. The predicted octanol–water partition coefficient (Wildman–Crippen LogP) is 5.43. The Labute approximate surface area is 193 Å². The molecule has 0 aliphatic heterocycles. The first-order valence-electron chi connectivity index (χ1n) is 8.66. The van der Waals surface area contributed by atoms with Crippen LogP contribution in [0.5, 0.6) is 0 Å². The molecular formula is C20H18Br2N2O4S2. The fraction of sp³-hybridized carbons (Fsp3) is 0.100. The molecule has 3 aromatic carbocycles. The predicted molar refractivity (Wildman–Crippen MR) is 126 cm³/mol. The number of nitrogens with one attached hydrogen (secondary N) is 2. The largest absolute Gasteiger partial charge is 0.278 e. The maximum Gasteiger partial charge on any atom is 0.261 e. The van der Waals surface area contributed by atoms with Crippen LogP contribution in [0.1, 0.15) is 11.1 Å². The summed E-state index contributed by atoms with van der Waals surface area (Å²) in [5.74, 6) is 0. The van der Waals surface area contributed by atoms with Crippen LogP contribution in [0.15, 0.2) is 79.4 Å². The second-order valence-electron chi connectivity index (χ2n) is 6.65. The average Bonchev–Trinajstić information content (AvgIpc) is 2.66. The third kappa shape index (κ3) is 5.23. The molecule has 2 N–H and O–H groups in total. The van der Waals surface area contributed by atoms with Crippen molar-refractivity contribution in [1.82, 2.24) is 0 Å². The minimum atomic E-state index is -3.80. The molecule has 0 atom stereocenters. The van der Waals surface area contributed by atoms with E-state index in [4.69, 9.17) is 0 Å². The van der Waals surface area contributed by atoms with Gasteiger partial charge >= 0.3 is 0 Å². The van der Waals surface area contributed by atoms with Crippen molar-refractivity contribution in [1.29, 1.82) is 0 Å². The maximum absolute atomic E-state index is 12.6. The molecule has 10 heteroatoms. The Morgan fingerprint density at radius 2 is 0.900 bits per heavy atom. The molecule has 0 fully saturated rings. The van der Waals surface area contributed by atoms with Crippen molar-refractivity contribution in [3.05, 3.63) is 80.7 Å². The van der Waals surface area contributed by atoms with Crippen molar-refractivity contribution in [2.45, 2.75) is 23.6 Å². The van der Waals surface area contributed by atoms with Crippen molar-refractivity contribution >= 4 is 63.3 Å². The Morgan fingerprint density at radius 3 is 1.20 bits per heavy atom. The van der Waals surface area contributed by atoms with Crippen molar-refractivity contribution in [3.8, 4) is 0 Å². The summed E-state index contributed by atoms with van der Waals surface area (Å²) >= 11 is 6.62. The molecule has 0 saturated carbocycles. The van der Waals surface area contributed by atoms with Crippen molar-refractivity contribution in [3.63, 3.8) is 0 Å². The van der Waals surface area contributed by atoms with Gasteiger partial charge in [-0.1, -0.05) is 35.4 Å². The lowest BCUT2D eigenvalue weighted by atomic mass is 10.2. The molecular weight excluding hydrogens is 556 g/mol. The van der Waals surface area contributed by atoms with Crippen LogP contribution in [-0.4, -0.2) is 16.8 Å². The van der Waals surface area contributed by atoms with Crippen LogP contribution in [0.4, 0.5) is 11.4 Å². The fourth-order valence-electron chi connectivity index (χ4n) is 2.55. The molecule has 0 aliphatic rings. The normalized spacial score (nSPS) is 11.9. The highest BCUT2D eigenvalue weighted by Gasteiger charge is 2.19. The third-order valence-corrected chi connectivity index (χ3v) is 8.28. The van der Waals surface area contributed by atoms with Crippen LogP contribution in [0.3, 0.4) is 0 Å². The number of halogens is 2. The molecule has 158 valence electrons. The summed E-state index contributed by atoms with van der Waals surface area (Å²) in [6.45, 7) is 3.74. The van der Waals surface area contributed by atoms with Gasteiger partial charge in [0.05, 0.1) is 21.2 Å². The molecule has 0 spiro atoms. The molecule has 0 heterocycles. The van der Waals surface area contributed by atoms with Crippen molar-refractivity contribution < 1.29 is 16.8 Å². The lowest BCUT2D eigenvalue weighted by Crippen LogP contribution is -2.15. The highest BCUT2D eigenvalue weighted by atomic mass is 79.9. The summed E-state index contributed by atoms with van der Waals surface area (Å²) in [5, 5.41) is 0. The van der Waals surface area contributed by atoms with Gasteiger partial charge in [-0.3, -0.25) is 9.44 Å². The van der Waals surface area contributed by atoms with E-state index in [1.165, 1.54) is 36.4 Å². The maximum atomic E-state index is 12.6. The minimum Gasteiger partial charge on any atom is -0.278 e. The first kappa shape index (κ1) is 22.8. The van der Waals surface area contributed by atoms with Gasteiger partial charge in [0.25, 0.3) is 20.0 Å². The van der Waals surface area contributed by atoms with Crippen molar-refractivity contribution in [2.24, 2.45) is 0 Å². The van der Waals surface area contributed by atoms with E-state index in [1.54, 1.807) is 24.3 Å². The molecule has 0 aromatic heterocycles. The Bertz CT molecular complexity index is 1190. The van der Waals surface area contributed by atoms with Gasteiger partial charge < -0.3 is 0 Å². The number of hydrogen-bond donors (Lipinski definition) is 2. The van der Waals surface area contributed by atoms with Gasteiger partial charge in [-0.2, -0.15) is 0 Å². The van der Waals surface area contributed by atoms with Gasteiger partial charge in [-0.25, -0.2) is 16.8 Å². The summed E-state index contributed by atoms with van der Waals surface area (Å²) in [6.07, 6.45) is 0. The summed E-state index contributed by atoms with van der Waals surface area (Å²) in [4.78, 5) is 0.251. The van der Waals surface area contributed by atoms with Crippen LogP contribution in [0.25, 0.3) is 0 Å². The molecule has 0 radical (unpaired) electrons. The zero-order valence-corrected chi connectivity index (χ0v) is 20.8. The van der Waals surface area contributed by atoms with Gasteiger partial charge in [0.2, 0.25) is 0 Å². The molecule has 30 heavy (non-hydrogen) atoms. The molecule has 6 nitrogen and oxygen atoms in total. The van der Waals surface area contributed by atoms with Crippen LogP contribution in [-0.2, 0) is 20.0 Å². The van der Waals surface area contributed by atoms with Crippen LogP contribution in [0, 0.1) is 13.8 Å². The quantitative estimate of drug-likeness (QED) is 0.411. The monoisotopic (exact) mass is 572 g/mol. The minimum absolute atomic E-state index is 0.125. The number of rotatable bonds is 6. The number of sulfonamides is 2. The highest BCUT2D eigenvalue weighted by molar-refractivity contribution is 9.11. The average molecular weight is 574 g/mol. The zero-order valence-electron chi connectivity index (χ0n) is 16.0. The number of anilines is 2. The Balaban J connectivity index is 1.88. The van der Waals surface area contributed by atoms with Gasteiger partial charge in [-0.15, -0.1) is 0 Å². The smallest absolute Gasteiger partial charge is 0.261 e. The SMILES string of the molecule is Cc1ccc(S(=O)(=O)Nc2cc(Br)c(NS(=O)(=O)c3ccc(C)cc3)cc2Br)cc1. The number of hydrogen-bond acceptors (Lipinski definition) is 4. The zero-order chi connectivity index (χ0) is 22.1. The summed E-state index contributed by atoms with van der Waals surface area (Å²) in [6, 6.07) is 15.9. The van der Waals surface area contributed by atoms with E-state index in [0.29, 0.717) is 8.95 Å². The van der Waals surface area contributed by atoms with E-state index in [1.807, 2.05) is 13.8 Å². The van der Waals surface area contributed by atoms with E-state index in [-0.39, 0.29) is 21.2 Å². The first-order chi connectivity index (χ1) is 14.0. The van der Waals surface area contributed by atoms with Gasteiger partial charge in [0.15, 0.2) is 0 Å².